The van der Waals surface area contributed by atoms with Crippen molar-refractivity contribution in [1.29, 1.82) is 0 Å². The molecule has 4 heteroatoms. The lowest BCUT2D eigenvalue weighted by Crippen LogP contribution is -2.56. The number of nitrogens with zero attached hydrogens (tertiary/aromatic N) is 1. The predicted molar refractivity (Wildman–Crippen MR) is 79.6 cm³/mol. The maximum atomic E-state index is 12.0. The van der Waals surface area contributed by atoms with Gasteiger partial charge in [-0.1, -0.05) is 24.3 Å². The minimum atomic E-state index is -0.0546. The summed E-state index contributed by atoms with van der Waals surface area (Å²) >= 11 is 0. The molecule has 1 unspecified atom stereocenters. The highest BCUT2D eigenvalue weighted by Crippen LogP contribution is 2.41. The highest BCUT2D eigenvalue weighted by atomic mass is 16.2. The third-order valence-corrected chi connectivity index (χ3v) is 4.35. The van der Waals surface area contributed by atoms with Crippen LogP contribution in [0.25, 0.3) is 0 Å². The maximum Gasteiger partial charge on any atom is 0.238 e. The first kappa shape index (κ1) is 13.6. The number of amides is 1. The van der Waals surface area contributed by atoms with Gasteiger partial charge in [-0.2, -0.15) is 0 Å². The number of nitrogens with one attached hydrogen (secondary N) is 2. The summed E-state index contributed by atoms with van der Waals surface area (Å²) in [6.45, 7) is 3.51. The Balaban J connectivity index is 1.76. The Morgan fingerprint density at radius 1 is 1.40 bits per heavy atom. The van der Waals surface area contributed by atoms with E-state index in [1.807, 2.05) is 0 Å². The van der Waals surface area contributed by atoms with Crippen LogP contribution in [0.1, 0.15) is 29.9 Å². The normalized spacial score (nSPS) is 23.6. The van der Waals surface area contributed by atoms with Crippen LogP contribution >= 0.6 is 0 Å². The van der Waals surface area contributed by atoms with E-state index in [-0.39, 0.29) is 11.9 Å². The molecule has 1 heterocycles. The molecule has 1 aromatic rings. The summed E-state index contributed by atoms with van der Waals surface area (Å²) < 4.78 is 0. The second-order valence-corrected chi connectivity index (χ2v) is 5.78. The zero-order valence-electron chi connectivity index (χ0n) is 12.1. The molecule has 1 aliphatic carbocycles. The first-order valence-electron chi connectivity index (χ1n) is 7.53. The quantitative estimate of drug-likeness (QED) is 0.863. The van der Waals surface area contributed by atoms with E-state index < -0.39 is 0 Å². The molecule has 20 heavy (non-hydrogen) atoms. The van der Waals surface area contributed by atoms with Crippen molar-refractivity contribution < 1.29 is 4.79 Å². The van der Waals surface area contributed by atoms with Crippen LogP contribution in [0.15, 0.2) is 24.3 Å². The summed E-state index contributed by atoms with van der Waals surface area (Å²) in [5.74, 6) is 0.869. The smallest absolute Gasteiger partial charge is 0.238 e. The van der Waals surface area contributed by atoms with E-state index in [9.17, 15) is 4.79 Å². The van der Waals surface area contributed by atoms with Crippen molar-refractivity contribution in [1.82, 2.24) is 15.5 Å². The van der Waals surface area contributed by atoms with Crippen LogP contribution in [-0.4, -0.2) is 43.5 Å². The molecule has 0 bridgehead atoms. The fourth-order valence-electron chi connectivity index (χ4n) is 3.05. The Morgan fingerprint density at radius 3 is 2.95 bits per heavy atom. The zero-order valence-corrected chi connectivity index (χ0v) is 12.1. The van der Waals surface area contributed by atoms with Crippen molar-refractivity contribution in [3.63, 3.8) is 0 Å². The zero-order chi connectivity index (χ0) is 13.9. The fourth-order valence-corrected chi connectivity index (χ4v) is 3.05. The van der Waals surface area contributed by atoms with Gasteiger partial charge in [-0.15, -0.1) is 0 Å². The van der Waals surface area contributed by atoms with Gasteiger partial charge in [0.2, 0.25) is 5.91 Å². The molecule has 1 atom stereocenters. The van der Waals surface area contributed by atoms with Crippen molar-refractivity contribution in [3.8, 4) is 0 Å². The van der Waals surface area contributed by atoms with Crippen LogP contribution in [0.2, 0.25) is 0 Å². The second-order valence-electron chi connectivity index (χ2n) is 5.78. The van der Waals surface area contributed by atoms with E-state index in [1.54, 1.807) is 7.05 Å². The Morgan fingerprint density at radius 2 is 2.20 bits per heavy atom. The highest BCUT2D eigenvalue weighted by molar-refractivity contribution is 5.81. The number of piperazine rings is 1. The molecule has 0 radical (unpaired) electrons. The van der Waals surface area contributed by atoms with Gasteiger partial charge in [0, 0.05) is 33.2 Å². The number of carbonyl (C=O) groups is 1. The van der Waals surface area contributed by atoms with Gasteiger partial charge in [-0.3, -0.25) is 9.69 Å². The molecule has 3 rings (SSSR count). The topological polar surface area (TPSA) is 44.4 Å². The number of rotatable bonds is 4. The van der Waals surface area contributed by atoms with E-state index in [0.29, 0.717) is 0 Å². The Bertz CT molecular complexity index is 484. The molecule has 2 aliphatic rings. The lowest BCUT2D eigenvalue weighted by molar-refractivity contribution is -0.126. The van der Waals surface area contributed by atoms with Crippen molar-refractivity contribution in [2.75, 3.05) is 26.7 Å². The summed E-state index contributed by atoms with van der Waals surface area (Å²) in [4.78, 5) is 14.3. The van der Waals surface area contributed by atoms with Crippen LogP contribution in [0, 0.1) is 0 Å². The van der Waals surface area contributed by atoms with Gasteiger partial charge in [0.1, 0.15) is 6.04 Å². The van der Waals surface area contributed by atoms with Gasteiger partial charge < -0.3 is 10.6 Å². The maximum absolute atomic E-state index is 12.0. The standard InChI is InChI=1S/C16H23N3O/c1-17-16(20)15-10-18-8-9-19(15)11-13-4-2-3-5-14(13)12-6-7-12/h2-5,12,15,18H,6-11H2,1H3,(H,17,20). The van der Waals surface area contributed by atoms with Crippen molar-refractivity contribution in [3.05, 3.63) is 35.4 Å². The molecule has 1 aromatic carbocycles. The van der Waals surface area contributed by atoms with Crippen LogP contribution < -0.4 is 10.6 Å². The first-order chi connectivity index (χ1) is 9.79. The van der Waals surface area contributed by atoms with E-state index >= 15 is 0 Å². The van der Waals surface area contributed by atoms with Gasteiger partial charge >= 0.3 is 0 Å². The first-order valence-corrected chi connectivity index (χ1v) is 7.53. The minimum Gasteiger partial charge on any atom is -0.358 e. The van der Waals surface area contributed by atoms with Gasteiger partial charge in [0.15, 0.2) is 0 Å². The van der Waals surface area contributed by atoms with Crippen molar-refractivity contribution >= 4 is 5.91 Å². The van der Waals surface area contributed by atoms with Crippen molar-refractivity contribution in [2.45, 2.75) is 31.3 Å². The molecule has 1 aliphatic heterocycles. The molecule has 4 nitrogen and oxygen atoms in total. The number of carbonyl (C=O) groups excluding carboxylic acids is 1. The van der Waals surface area contributed by atoms with Crippen LogP contribution in [0.3, 0.4) is 0 Å². The Labute approximate surface area is 120 Å². The molecular formula is C16H23N3O. The van der Waals surface area contributed by atoms with E-state index in [1.165, 1.54) is 24.0 Å². The highest BCUT2D eigenvalue weighted by Gasteiger charge is 2.30. The average molecular weight is 273 g/mol. The molecule has 2 N–H and O–H groups in total. The van der Waals surface area contributed by atoms with Gasteiger partial charge in [-0.05, 0) is 29.9 Å². The van der Waals surface area contributed by atoms with Gasteiger partial charge in [0.25, 0.3) is 0 Å². The number of benzene rings is 1. The molecule has 0 spiro atoms. The SMILES string of the molecule is CNC(=O)C1CNCCN1Cc1ccccc1C1CC1. The third kappa shape index (κ3) is 2.86. The van der Waals surface area contributed by atoms with Crippen molar-refractivity contribution in [2.24, 2.45) is 0 Å². The number of likely N-dealkylation sites (N-methyl/N-ethyl adjacent to an activating group) is 1. The van der Waals surface area contributed by atoms with E-state index in [0.717, 1.165) is 32.1 Å². The average Bonchev–Trinajstić information content (AvgIpc) is 3.32. The van der Waals surface area contributed by atoms with Crippen LogP contribution in [-0.2, 0) is 11.3 Å². The second kappa shape index (κ2) is 5.94. The molecule has 2 fully saturated rings. The minimum absolute atomic E-state index is 0.0546. The lowest BCUT2D eigenvalue weighted by atomic mass is 10.0. The van der Waals surface area contributed by atoms with Crippen LogP contribution in [0.5, 0.6) is 0 Å². The summed E-state index contributed by atoms with van der Waals surface area (Å²) in [5.41, 5.74) is 2.88. The summed E-state index contributed by atoms with van der Waals surface area (Å²) in [6.07, 6.45) is 2.63. The molecule has 1 amide bonds. The Kier molecular flexibility index (Phi) is 4.03. The molecule has 1 saturated carbocycles. The predicted octanol–water partition coefficient (Wildman–Crippen LogP) is 1.08. The van der Waals surface area contributed by atoms with Gasteiger partial charge in [-0.25, -0.2) is 0 Å². The number of hydrogen-bond acceptors (Lipinski definition) is 3. The van der Waals surface area contributed by atoms with Crippen LogP contribution in [0.4, 0.5) is 0 Å². The summed E-state index contributed by atoms with van der Waals surface area (Å²) in [7, 11) is 1.72. The van der Waals surface area contributed by atoms with E-state index in [4.69, 9.17) is 0 Å². The third-order valence-electron chi connectivity index (χ3n) is 4.35. The van der Waals surface area contributed by atoms with E-state index in [2.05, 4.69) is 39.8 Å². The monoisotopic (exact) mass is 273 g/mol. The van der Waals surface area contributed by atoms with Gasteiger partial charge in [0.05, 0.1) is 0 Å². The largest absolute Gasteiger partial charge is 0.358 e. The molecular weight excluding hydrogens is 250 g/mol. The molecule has 0 aromatic heterocycles. The molecule has 1 saturated heterocycles. The fraction of sp³-hybridized carbons (Fsp3) is 0.562. The summed E-state index contributed by atoms with van der Waals surface area (Å²) in [5, 5.41) is 6.09. The summed E-state index contributed by atoms with van der Waals surface area (Å²) in [6, 6.07) is 8.66. The number of hydrogen-bond donors (Lipinski definition) is 2. The lowest BCUT2D eigenvalue weighted by Gasteiger charge is -2.35. The molecule has 108 valence electrons. The Hall–Kier alpha value is -1.39.